The lowest BCUT2D eigenvalue weighted by Gasteiger charge is -2.07. The molecule has 0 spiro atoms. The maximum atomic E-state index is 13.1. The van der Waals surface area contributed by atoms with Crippen LogP contribution in [0.15, 0.2) is 64.2 Å². The van der Waals surface area contributed by atoms with Gasteiger partial charge in [0.2, 0.25) is 0 Å². The van der Waals surface area contributed by atoms with Crippen LogP contribution in [0.4, 0.5) is 0 Å². The van der Waals surface area contributed by atoms with Gasteiger partial charge in [0.1, 0.15) is 0 Å². The Morgan fingerprint density at radius 1 is 0.692 bits per heavy atom. The quantitative estimate of drug-likeness (QED) is 0.352. The molecule has 0 aliphatic heterocycles. The van der Waals surface area contributed by atoms with Gasteiger partial charge < -0.3 is 0 Å². The summed E-state index contributed by atoms with van der Waals surface area (Å²) in [5, 5.41) is 2.92. The van der Waals surface area contributed by atoms with Crippen molar-refractivity contribution in [3.05, 3.63) is 80.6 Å². The molecule has 126 valence electrons. The van der Waals surface area contributed by atoms with Crippen molar-refractivity contribution in [3.8, 4) is 0 Å². The summed E-state index contributed by atoms with van der Waals surface area (Å²) in [7, 11) is 0. The molecule has 0 saturated heterocycles. The number of fused-ring (bicyclic) bond motifs is 4. The van der Waals surface area contributed by atoms with Crippen LogP contribution in [0.25, 0.3) is 40.3 Å². The van der Waals surface area contributed by atoms with Gasteiger partial charge in [0.15, 0.2) is 10.9 Å². The Bertz CT molecular complexity index is 1460. The van der Waals surface area contributed by atoms with Gasteiger partial charge in [0, 0.05) is 40.3 Å². The molecule has 4 heteroatoms. The third-order valence-electron chi connectivity index (χ3n) is 4.86. The molecule has 3 aromatic carbocycles. The Morgan fingerprint density at radius 3 is 2.12 bits per heavy atom. The number of hydrogen-bond acceptors (Lipinski definition) is 4. The third kappa shape index (κ3) is 2.16. The molecule has 0 amide bonds. The first-order valence-corrected chi connectivity index (χ1v) is 10.1. The van der Waals surface area contributed by atoms with Gasteiger partial charge in [-0.25, -0.2) is 0 Å². The molecule has 0 unspecified atom stereocenters. The van der Waals surface area contributed by atoms with E-state index in [9.17, 15) is 9.59 Å². The molecule has 0 atom stereocenters. The lowest BCUT2D eigenvalue weighted by atomic mass is 10.1. The van der Waals surface area contributed by atoms with E-state index in [0.717, 1.165) is 36.0 Å². The zero-order chi connectivity index (χ0) is 17.8. The van der Waals surface area contributed by atoms with Crippen LogP contribution in [0.2, 0.25) is 0 Å². The van der Waals surface area contributed by atoms with Gasteiger partial charge in [0.05, 0.1) is 0 Å². The van der Waals surface area contributed by atoms with E-state index >= 15 is 0 Å². The van der Waals surface area contributed by atoms with Crippen LogP contribution in [0.5, 0.6) is 0 Å². The molecular weight excluding hydrogens is 360 g/mol. The minimum Gasteiger partial charge on any atom is -0.289 e. The summed E-state index contributed by atoms with van der Waals surface area (Å²) in [6.45, 7) is 2.10. The van der Waals surface area contributed by atoms with E-state index in [4.69, 9.17) is 0 Å². The van der Waals surface area contributed by atoms with Gasteiger partial charge >= 0.3 is 0 Å². The Balaban J connectivity index is 2.01. The van der Waals surface area contributed by atoms with Gasteiger partial charge in [-0.15, -0.1) is 22.7 Å². The summed E-state index contributed by atoms with van der Waals surface area (Å²) < 4.78 is 3.74. The van der Waals surface area contributed by atoms with Gasteiger partial charge in [-0.1, -0.05) is 31.2 Å². The summed E-state index contributed by atoms with van der Waals surface area (Å²) in [4.78, 5) is 26.0. The number of aryl methyl sites for hydroxylation is 1. The second-order valence-corrected chi connectivity index (χ2v) is 8.49. The van der Waals surface area contributed by atoms with Gasteiger partial charge in [0.25, 0.3) is 0 Å². The predicted molar refractivity (Wildman–Crippen MR) is 114 cm³/mol. The molecule has 0 aliphatic rings. The highest BCUT2D eigenvalue weighted by Gasteiger charge is 2.12. The Labute approximate surface area is 157 Å². The fraction of sp³-hybridized carbons (Fsp3) is 0.0909. The van der Waals surface area contributed by atoms with Crippen LogP contribution < -0.4 is 10.9 Å². The van der Waals surface area contributed by atoms with Crippen LogP contribution in [0.1, 0.15) is 12.5 Å². The van der Waals surface area contributed by atoms with Crippen molar-refractivity contribution < 1.29 is 0 Å². The SMILES string of the molecule is CCc1cccc2c(=O)c3cc4sc5ccccc5c(=O)c4cc3sc12. The zero-order valence-electron chi connectivity index (χ0n) is 14.0. The van der Waals surface area contributed by atoms with E-state index in [1.807, 2.05) is 48.5 Å². The standard InChI is InChI=1S/C22H14O2S2/c1-2-12-6-5-8-14-21(24)16-10-18-15(11-19(16)26-22(12)14)20(23)13-7-3-4-9-17(13)25-18/h3-11H,2H2,1H3. The van der Waals surface area contributed by atoms with Crippen molar-refractivity contribution in [2.75, 3.05) is 0 Å². The van der Waals surface area contributed by atoms with Crippen molar-refractivity contribution in [1.29, 1.82) is 0 Å². The smallest absolute Gasteiger partial charge is 0.195 e. The largest absolute Gasteiger partial charge is 0.289 e. The first kappa shape index (κ1) is 15.7. The fourth-order valence-electron chi connectivity index (χ4n) is 3.51. The second-order valence-electron chi connectivity index (χ2n) is 6.35. The Morgan fingerprint density at radius 2 is 1.35 bits per heavy atom. The Hall–Kier alpha value is -2.56. The van der Waals surface area contributed by atoms with Crippen molar-refractivity contribution >= 4 is 63.0 Å². The molecule has 0 fully saturated rings. The molecule has 26 heavy (non-hydrogen) atoms. The average Bonchev–Trinajstić information content (AvgIpc) is 2.67. The molecule has 5 aromatic rings. The van der Waals surface area contributed by atoms with Crippen LogP contribution in [0.3, 0.4) is 0 Å². The fourth-order valence-corrected chi connectivity index (χ4v) is 5.87. The van der Waals surface area contributed by atoms with Crippen molar-refractivity contribution in [2.24, 2.45) is 0 Å². The lowest BCUT2D eigenvalue weighted by Crippen LogP contribution is -2.04. The molecule has 2 heterocycles. The number of benzene rings is 3. The topological polar surface area (TPSA) is 34.1 Å². The van der Waals surface area contributed by atoms with E-state index < -0.39 is 0 Å². The molecule has 0 aliphatic carbocycles. The van der Waals surface area contributed by atoms with Gasteiger partial charge in [-0.05, 0) is 42.3 Å². The molecule has 0 radical (unpaired) electrons. The normalized spacial score (nSPS) is 11.7. The summed E-state index contributed by atoms with van der Waals surface area (Å²) >= 11 is 3.18. The van der Waals surface area contributed by atoms with Gasteiger partial charge in [-0.3, -0.25) is 9.59 Å². The molecule has 0 saturated carbocycles. The molecule has 5 rings (SSSR count). The Kier molecular flexibility index (Phi) is 3.45. The van der Waals surface area contributed by atoms with E-state index in [0.29, 0.717) is 10.8 Å². The predicted octanol–water partition coefficient (Wildman–Crippen LogP) is 5.71. The summed E-state index contributed by atoms with van der Waals surface area (Å²) in [6, 6.07) is 17.4. The van der Waals surface area contributed by atoms with Crippen molar-refractivity contribution in [1.82, 2.24) is 0 Å². The average molecular weight is 374 g/mol. The van der Waals surface area contributed by atoms with E-state index in [-0.39, 0.29) is 10.9 Å². The molecule has 0 bridgehead atoms. The highest BCUT2D eigenvalue weighted by atomic mass is 32.1. The van der Waals surface area contributed by atoms with Crippen LogP contribution >= 0.6 is 22.7 Å². The summed E-state index contributed by atoms with van der Waals surface area (Å²) in [5.41, 5.74) is 1.27. The number of hydrogen-bond donors (Lipinski definition) is 0. The molecular formula is C22H14O2S2. The highest BCUT2D eigenvalue weighted by molar-refractivity contribution is 7.26. The van der Waals surface area contributed by atoms with Crippen LogP contribution in [0, 0.1) is 0 Å². The van der Waals surface area contributed by atoms with E-state index in [1.54, 1.807) is 22.7 Å². The zero-order valence-corrected chi connectivity index (χ0v) is 15.7. The lowest BCUT2D eigenvalue weighted by molar-refractivity contribution is 1.16. The molecule has 0 N–H and O–H groups in total. The second kappa shape index (κ2) is 5.73. The highest BCUT2D eigenvalue weighted by Crippen LogP contribution is 2.32. The van der Waals surface area contributed by atoms with E-state index in [2.05, 4.69) is 13.0 Å². The number of rotatable bonds is 1. The maximum absolute atomic E-state index is 13.1. The van der Waals surface area contributed by atoms with E-state index in [1.165, 1.54) is 5.56 Å². The third-order valence-corrected chi connectivity index (χ3v) is 7.23. The minimum absolute atomic E-state index is 0.0415. The summed E-state index contributed by atoms with van der Waals surface area (Å²) in [5.74, 6) is 0. The minimum atomic E-state index is 0.0415. The van der Waals surface area contributed by atoms with Crippen molar-refractivity contribution in [2.45, 2.75) is 13.3 Å². The maximum Gasteiger partial charge on any atom is 0.195 e. The molecule has 2 aromatic heterocycles. The first-order valence-electron chi connectivity index (χ1n) is 8.51. The van der Waals surface area contributed by atoms with Crippen LogP contribution in [-0.4, -0.2) is 0 Å². The van der Waals surface area contributed by atoms with Crippen LogP contribution in [-0.2, 0) is 6.42 Å². The summed E-state index contributed by atoms with van der Waals surface area (Å²) in [6.07, 6.45) is 0.881. The molecule has 2 nitrogen and oxygen atoms in total. The van der Waals surface area contributed by atoms with Gasteiger partial charge in [-0.2, -0.15) is 0 Å². The first-order chi connectivity index (χ1) is 12.7. The monoisotopic (exact) mass is 374 g/mol. The van der Waals surface area contributed by atoms with Crippen molar-refractivity contribution in [3.63, 3.8) is 0 Å².